The van der Waals surface area contributed by atoms with Gasteiger partial charge in [0.2, 0.25) is 5.95 Å². The number of pyridine rings is 2. The van der Waals surface area contributed by atoms with Crippen molar-refractivity contribution in [3.8, 4) is 17.3 Å². The van der Waals surface area contributed by atoms with Crippen LogP contribution < -0.4 is 4.90 Å². The quantitative estimate of drug-likeness (QED) is 0.414. The number of imidazole rings is 1. The standard InChI is InChI=1S/C25H26ClF3N6/c1-15-4-6-16(7-5-15)14-35-23-20(33-24(35)34-8-2-3-21(34)25(27,28)29)10-19(11-30)32-22(23)17-9-18(26)13-31-12-17/h9-10,12-13,15-16,21H,2-8,14H2,1H3/t15-,16-,21-/m0/s1. The van der Waals surface area contributed by atoms with Gasteiger partial charge in [-0.25, -0.2) is 9.97 Å². The van der Waals surface area contributed by atoms with E-state index in [1.54, 1.807) is 18.3 Å². The van der Waals surface area contributed by atoms with Gasteiger partial charge in [-0.15, -0.1) is 0 Å². The number of hydrogen-bond donors (Lipinski definition) is 0. The maximum atomic E-state index is 13.9. The minimum absolute atomic E-state index is 0.0421. The van der Waals surface area contributed by atoms with Crippen molar-refractivity contribution in [2.24, 2.45) is 11.8 Å². The van der Waals surface area contributed by atoms with Crippen LogP contribution in [0.3, 0.4) is 0 Å². The molecule has 2 fully saturated rings. The first-order valence-electron chi connectivity index (χ1n) is 12.0. The summed E-state index contributed by atoms with van der Waals surface area (Å²) in [4.78, 5) is 14.8. The Bertz CT molecular complexity index is 1270. The molecule has 1 aliphatic heterocycles. The highest BCUT2D eigenvalue weighted by Gasteiger charge is 2.47. The van der Waals surface area contributed by atoms with E-state index in [2.05, 4.69) is 23.0 Å². The van der Waals surface area contributed by atoms with Gasteiger partial charge in [-0.05, 0) is 43.6 Å². The predicted octanol–water partition coefficient (Wildman–Crippen LogP) is 6.38. The van der Waals surface area contributed by atoms with Crippen molar-refractivity contribution in [1.29, 1.82) is 5.26 Å². The third-order valence-electron chi connectivity index (χ3n) is 7.26. The average Bonchev–Trinajstić information content (AvgIpc) is 3.45. The molecule has 2 aliphatic rings. The molecule has 184 valence electrons. The summed E-state index contributed by atoms with van der Waals surface area (Å²) in [5.74, 6) is 1.29. The summed E-state index contributed by atoms with van der Waals surface area (Å²) in [6.07, 6.45) is 3.47. The lowest BCUT2D eigenvalue weighted by molar-refractivity contribution is -0.146. The van der Waals surface area contributed by atoms with E-state index in [0.717, 1.165) is 25.7 Å². The average molecular weight is 503 g/mol. The van der Waals surface area contributed by atoms with Gasteiger partial charge in [0.1, 0.15) is 17.8 Å². The number of rotatable bonds is 4. The normalized spacial score (nSPS) is 23.1. The summed E-state index contributed by atoms with van der Waals surface area (Å²) in [6.45, 7) is 3.07. The van der Waals surface area contributed by atoms with Gasteiger partial charge in [-0.3, -0.25) is 4.98 Å². The minimum Gasteiger partial charge on any atom is -0.330 e. The Kier molecular flexibility index (Phi) is 6.34. The number of hydrogen-bond acceptors (Lipinski definition) is 5. The van der Waals surface area contributed by atoms with Crippen molar-refractivity contribution in [3.05, 3.63) is 35.2 Å². The van der Waals surface area contributed by atoms with Crippen LogP contribution in [0.5, 0.6) is 0 Å². The van der Waals surface area contributed by atoms with Crippen LogP contribution in [0.2, 0.25) is 5.02 Å². The van der Waals surface area contributed by atoms with E-state index in [-0.39, 0.29) is 18.7 Å². The third kappa shape index (κ3) is 4.68. The number of nitriles is 1. The smallest absolute Gasteiger partial charge is 0.330 e. The van der Waals surface area contributed by atoms with Crippen LogP contribution in [0.4, 0.5) is 19.1 Å². The number of halogens is 4. The molecule has 5 rings (SSSR count). The fraction of sp³-hybridized carbons (Fsp3) is 0.520. The second-order valence-corrected chi connectivity index (χ2v) is 10.2. The van der Waals surface area contributed by atoms with Crippen molar-refractivity contribution >= 4 is 28.6 Å². The summed E-state index contributed by atoms with van der Waals surface area (Å²) in [7, 11) is 0. The van der Waals surface area contributed by atoms with E-state index in [0.29, 0.717) is 58.1 Å². The summed E-state index contributed by atoms with van der Waals surface area (Å²) < 4.78 is 43.7. The molecule has 0 N–H and O–H groups in total. The molecule has 0 aromatic carbocycles. The third-order valence-corrected chi connectivity index (χ3v) is 7.47. The van der Waals surface area contributed by atoms with Crippen LogP contribution in [0, 0.1) is 23.2 Å². The van der Waals surface area contributed by atoms with Gasteiger partial charge < -0.3 is 9.47 Å². The highest BCUT2D eigenvalue weighted by atomic mass is 35.5. The molecule has 0 spiro atoms. The molecule has 10 heteroatoms. The van der Waals surface area contributed by atoms with Gasteiger partial charge in [-0.1, -0.05) is 31.4 Å². The van der Waals surface area contributed by atoms with Crippen LogP contribution in [0.25, 0.3) is 22.3 Å². The summed E-state index contributed by atoms with van der Waals surface area (Å²) in [5, 5.41) is 10.0. The van der Waals surface area contributed by atoms with E-state index in [9.17, 15) is 18.4 Å². The van der Waals surface area contributed by atoms with Crippen LogP contribution in [-0.2, 0) is 6.54 Å². The molecule has 0 amide bonds. The van der Waals surface area contributed by atoms with E-state index in [1.807, 2.05) is 4.57 Å². The maximum absolute atomic E-state index is 13.9. The molecule has 6 nitrogen and oxygen atoms in total. The molecule has 0 radical (unpaired) electrons. The van der Waals surface area contributed by atoms with Gasteiger partial charge >= 0.3 is 6.18 Å². The van der Waals surface area contributed by atoms with Crippen molar-refractivity contribution in [2.45, 2.75) is 64.2 Å². The molecule has 4 heterocycles. The SMILES string of the molecule is C[C@H]1CC[C@H](Cn2c(N3CCC[C@H]3C(F)(F)F)nc3cc(C#N)nc(-c4cncc(Cl)c4)c32)CC1. The first-order valence-corrected chi connectivity index (χ1v) is 12.4. The fourth-order valence-electron chi connectivity index (χ4n) is 5.45. The monoisotopic (exact) mass is 502 g/mol. The molecule has 35 heavy (non-hydrogen) atoms. The van der Waals surface area contributed by atoms with Crippen LogP contribution in [0.15, 0.2) is 24.5 Å². The Morgan fingerprint density at radius 1 is 1.11 bits per heavy atom. The van der Waals surface area contributed by atoms with Gasteiger partial charge in [-0.2, -0.15) is 18.4 Å². The lowest BCUT2D eigenvalue weighted by Crippen LogP contribution is -2.42. The topological polar surface area (TPSA) is 70.6 Å². The van der Waals surface area contributed by atoms with Crippen LogP contribution in [0.1, 0.15) is 51.1 Å². The molecular formula is C25H26ClF3N6. The van der Waals surface area contributed by atoms with Gasteiger partial charge in [0.05, 0.1) is 21.7 Å². The Hall–Kier alpha value is -2.86. The number of fused-ring (bicyclic) bond motifs is 1. The zero-order valence-electron chi connectivity index (χ0n) is 19.4. The summed E-state index contributed by atoms with van der Waals surface area (Å²) in [6, 6.07) is 3.73. The molecule has 0 bridgehead atoms. The summed E-state index contributed by atoms with van der Waals surface area (Å²) >= 11 is 6.20. The molecule has 3 aromatic rings. The second kappa shape index (κ2) is 9.30. The second-order valence-electron chi connectivity index (χ2n) is 9.77. The molecule has 0 unspecified atom stereocenters. The van der Waals surface area contributed by atoms with E-state index < -0.39 is 12.2 Å². The van der Waals surface area contributed by atoms with E-state index in [4.69, 9.17) is 16.6 Å². The number of anilines is 1. The largest absolute Gasteiger partial charge is 0.408 e. The van der Waals surface area contributed by atoms with Crippen LogP contribution >= 0.6 is 11.6 Å². The maximum Gasteiger partial charge on any atom is 0.408 e. The lowest BCUT2D eigenvalue weighted by atomic mass is 9.83. The zero-order valence-corrected chi connectivity index (χ0v) is 20.1. The fourth-order valence-corrected chi connectivity index (χ4v) is 5.63. The van der Waals surface area contributed by atoms with E-state index >= 15 is 0 Å². The number of aromatic nitrogens is 4. The van der Waals surface area contributed by atoms with Gasteiger partial charge in [0.15, 0.2) is 0 Å². The Morgan fingerprint density at radius 2 is 1.89 bits per heavy atom. The van der Waals surface area contributed by atoms with Gasteiger partial charge in [0.25, 0.3) is 0 Å². The van der Waals surface area contributed by atoms with Crippen LogP contribution in [-0.4, -0.2) is 38.3 Å². The molecule has 1 aliphatic carbocycles. The number of alkyl halides is 3. The molecule has 1 saturated heterocycles. The first kappa shape index (κ1) is 23.9. The Morgan fingerprint density at radius 3 is 2.57 bits per heavy atom. The van der Waals surface area contributed by atoms with Gasteiger partial charge in [0, 0.05) is 37.1 Å². The summed E-state index contributed by atoms with van der Waals surface area (Å²) in [5.41, 5.74) is 2.27. The highest BCUT2D eigenvalue weighted by Crippen LogP contribution is 2.40. The lowest BCUT2D eigenvalue weighted by Gasteiger charge is -2.31. The minimum atomic E-state index is -4.35. The van der Waals surface area contributed by atoms with Crippen molar-refractivity contribution in [1.82, 2.24) is 19.5 Å². The predicted molar refractivity (Wildman–Crippen MR) is 128 cm³/mol. The molecular weight excluding hydrogens is 477 g/mol. The molecule has 3 aromatic heterocycles. The molecule has 1 saturated carbocycles. The first-order chi connectivity index (χ1) is 16.7. The molecule has 1 atom stereocenters. The van der Waals surface area contributed by atoms with Crippen molar-refractivity contribution in [2.75, 3.05) is 11.4 Å². The zero-order chi connectivity index (χ0) is 24.7. The number of nitrogens with zero attached hydrogens (tertiary/aromatic N) is 6. The van der Waals surface area contributed by atoms with Crippen molar-refractivity contribution in [3.63, 3.8) is 0 Å². The Balaban J connectivity index is 1.71. The highest BCUT2D eigenvalue weighted by molar-refractivity contribution is 6.30. The Labute approximate surface area is 206 Å². The van der Waals surface area contributed by atoms with Crippen molar-refractivity contribution < 1.29 is 13.2 Å². The van der Waals surface area contributed by atoms with E-state index in [1.165, 1.54) is 11.1 Å².